The maximum absolute atomic E-state index is 5.07. The summed E-state index contributed by atoms with van der Waals surface area (Å²) in [6, 6.07) is 10.1. The summed E-state index contributed by atoms with van der Waals surface area (Å²) in [4.78, 5) is 8.98. The van der Waals surface area contributed by atoms with E-state index in [0.29, 0.717) is 17.7 Å². The topological polar surface area (TPSA) is 75.9 Å². The Morgan fingerprint density at radius 2 is 1.76 bits per heavy atom. The van der Waals surface area contributed by atoms with E-state index in [1.807, 2.05) is 19.9 Å². The summed E-state index contributed by atoms with van der Waals surface area (Å²) in [5.41, 5.74) is 4.40. The van der Waals surface area contributed by atoms with Crippen LogP contribution in [0.25, 0.3) is 0 Å². The Morgan fingerprint density at radius 3 is 2.44 bits per heavy atom. The Morgan fingerprint density at radius 1 is 0.960 bits per heavy atom. The molecule has 2 N–H and O–H groups in total. The minimum absolute atomic E-state index is 0.418. The van der Waals surface area contributed by atoms with Gasteiger partial charge in [-0.05, 0) is 37.8 Å². The van der Waals surface area contributed by atoms with Crippen LogP contribution in [0.4, 0.5) is 23.3 Å². The third-order valence-electron chi connectivity index (χ3n) is 3.90. The van der Waals surface area contributed by atoms with Crippen LogP contribution in [0.1, 0.15) is 42.3 Å². The number of benzene rings is 1. The highest BCUT2D eigenvalue weighted by Gasteiger charge is 2.11. The molecular weight excluding hydrogens is 314 g/mol. The van der Waals surface area contributed by atoms with E-state index >= 15 is 0 Å². The van der Waals surface area contributed by atoms with Gasteiger partial charge in [0, 0.05) is 23.5 Å². The van der Waals surface area contributed by atoms with Gasteiger partial charge in [0.15, 0.2) is 5.82 Å². The van der Waals surface area contributed by atoms with Crippen LogP contribution in [0.2, 0.25) is 0 Å². The molecule has 25 heavy (non-hydrogen) atoms. The fourth-order valence-electron chi connectivity index (χ4n) is 2.70. The smallest absolute Gasteiger partial charge is 0.230 e. The van der Waals surface area contributed by atoms with Gasteiger partial charge in [0.1, 0.15) is 11.6 Å². The van der Waals surface area contributed by atoms with Gasteiger partial charge in [0.2, 0.25) is 5.95 Å². The molecule has 0 aliphatic carbocycles. The number of aromatic nitrogens is 3. The van der Waals surface area contributed by atoms with Crippen LogP contribution >= 0.6 is 0 Å². The number of hydrogen-bond acceptors (Lipinski definition) is 6. The molecule has 6 nitrogen and oxygen atoms in total. The molecule has 0 radical (unpaired) electrons. The molecule has 0 saturated heterocycles. The van der Waals surface area contributed by atoms with Gasteiger partial charge < -0.3 is 15.2 Å². The first-order valence-corrected chi connectivity index (χ1v) is 8.35. The standard InChI is InChI=1S/C19H23N5O/c1-11(2)15-8-6-7-12(3)18(15)21-16-9-13(4)20-19(22-16)23-17-10-14(5)25-24-17/h6-11H,1-5H3,(H2,20,21,22,23,24). The molecule has 3 aromatic rings. The highest BCUT2D eigenvalue weighted by molar-refractivity contribution is 5.66. The number of nitrogens with one attached hydrogen (secondary N) is 2. The maximum atomic E-state index is 5.07. The molecule has 2 heterocycles. The van der Waals surface area contributed by atoms with E-state index in [1.165, 1.54) is 11.1 Å². The van der Waals surface area contributed by atoms with E-state index in [9.17, 15) is 0 Å². The molecular formula is C19H23N5O. The molecule has 130 valence electrons. The average Bonchev–Trinajstić information content (AvgIpc) is 2.93. The van der Waals surface area contributed by atoms with Crippen molar-refractivity contribution < 1.29 is 4.52 Å². The lowest BCUT2D eigenvalue weighted by Crippen LogP contribution is -2.05. The van der Waals surface area contributed by atoms with Crippen LogP contribution < -0.4 is 10.6 Å². The number of rotatable bonds is 5. The van der Waals surface area contributed by atoms with Gasteiger partial charge in [-0.1, -0.05) is 37.2 Å². The van der Waals surface area contributed by atoms with Crippen molar-refractivity contribution >= 4 is 23.3 Å². The van der Waals surface area contributed by atoms with Gasteiger partial charge in [-0.2, -0.15) is 4.98 Å². The normalized spacial score (nSPS) is 11.0. The Kier molecular flexibility index (Phi) is 4.70. The van der Waals surface area contributed by atoms with E-state index in [2.05, 4.69) is 64.7 Å². The summed E-state index contributed by atoms with van der Waals surface area (Å²) in [6.07, 6.45) is 0. The van der Waals surface area contributed by atoms with Crippen molar-refractivity contribution in [3.05, 3.63) is 52.9 Å². The molecule has 3 rings (SSSR count). The zero-order valence-corrected chi connectivity index (χ0v) is 15.2. The number of aryl methyl sites for hydroxylation is 3. The molecule has 0 aliphatic heterocycles. The third-order valence-corrected chi connectivity index (χ3v) is 3.90. The van der Waals surface area contributed by atoms with E-state index in [-0.39, 0.29) is 0 Å². The molecule has 0 atom stereocenters. The van der Waals surface area contributed by atoms with Crippen LogP contribution in [0.3, 0.4) is 0 Å². The number of para-hydroxylation sites is 1. The monoisotopic (exact) mass is 337 g/mol. The Hall–Kier alpha value is -2.89. The highest BCUT2D eigenvalue weighted by Crippen LogP contribution is 2.30. The third kappa shape index (κ3) is 3.96. The zero-order chi connectivity index (χ0) is 18.0. The summed E-state index contributed by atoms with van der Waals surface area (Å²) in [7, 11) is 0. The number of hydrogen-bond donors (Lipinski definition) is 2. The molecule has 0 aliphatic rings. The largest absolute Gasteiger partial charge is 0.360 e. The summed E-state index contributed by atoms with van der Waals surface area (Å²) < 4.78 is 5.07. The fourth-order valence-corrected chi connectivity index (χ4v) is 2.70. The first-order chi connectivity index (χ1) is 11.9. The Bertz CT molecular complexity index is 885. The van der Waals surface area contributed by atoms with Crippen LogP contribution in [-0.2, 0) is 0 Å². The molecule has 1 aromatic carbocycles. The molecule has 6 heteroatoms. The van der Waals surface area contributed by atoms with Gasteiger partial charge >= 0.3 is 0 Å². The lowest BCUT2D eigenvalue weighted by Gasteiger charge is -2.17. The van der Waals surface area contributed by atoms with Gasteiger partial charge in [0.25, 0.3) is 0 Å². The zero-order valence-electron chi connectivity index (χ0n) is 15.2. The lowest BCUT2D eigenvalue weighted by molar-refractivity contribution is 0.400. The van der Waals surface area contributed by atoms with Crippen molar-refractivity contribution in [2.75, 3.05) is 10.6 Å². The molecule has 0 spiro atoms. The van der Waals surface area contributed by atoms with Crippen molar-refractivity contribution in [3.8, 4) is 0 Å². The van der Waals surface area contributed by atoms with Crippen LogP contribution in [0.5, 0.6) is 0 Å². The first kappa shape index (κ1) is 17.0. The van der Waals surface area contributed by atoms with Crippen molar-refractivity contribution in [3.63, 3.8) is 0 Å². The minimum Gasteiger partial charge on any atom is -0.360 e. The molecule has 0 unspecified atom stereocenters. The molecule has 0 fully saturated rings. The van der Waals surface area contributed by atoms with Crippen LogP contribution in [0, 0.1) is 20.8 Å². The molecule has 0 saturated carbocycles. The molecule has 0 bridgehead atoms. The van der Waals surface area contributed by atoms with E-state index < -0.39 is 0 Å². The van der Waals surface area contributed by atoms with Crippen molar-refractivity contribution in [1.29, 1.82) is 0 Å². The fraction of sp³-hybridized carbons (Fsp3) is 0.316. The first-order valence-electron chi connectivity index (χ1n) is 8.35. The predicted molar refractivity (Wildman–Crippen MR) is 99.8 cm³/mol. The summed E-state index contributed by atoms with van der Waals surface area (Å²) >= 11 is 0. The van der Waals surface area contributed by atoms with Crippen molar-refractivity contribution in [1.82, 2.24) is 15.1 Å². The minimum atomic E-state index is 0.418. The second-order valence-electron chi connectivity index (χ2n) is 6.48. The molecule has 2 aromatic heterocycles. The van der Waals surface area contributed by atoms with E-state index in [4.69, 9.17) is 4.52 Å². The Labute approximate surface area is 147 Å². The summed E-state index contributed by atoms with van der Waals surface area (Å²) in [6.45, 7) is 10.2. The predicted octanol–water partition coefficient (Wildman–Crippen LogP) is 5.00. The van der Waals surface area contributed by atoms with Crippen LogP contribution in [0.15, 0.2) is 34.9 Å². The maximum Gasteiger partial charge on any atom is 0.230 e. The second kappa shape index (κ2) is 6.93. The van der Waals surface area contributed by atoms with Gasteiger partial charge in [-0.25, -0.2) is 4.98 Å². The summed E-state index contributed by atoms with van der Waals surface area (Å²) in [5.74, 6) is 2.96. The number of nitrogens with zero attached hydrogens (tertiary/aromatic N) is 3. The number of anilines is 4. The summed E-state index contributed by atoms with van der Waals surface area (Å²) in [5, 5.41) is 10.5. The van der Waals surface area contributed by atoms with Crippen molar-refractivity contribution in [2.24, 2.45) is 0 Å². The highest BCUT2D eigenvalue weighted by atomic mass is 16.5. The lowest BCUT2D eigenvalue weighted by atomic mass is 9.98. The molecule has 0 amide bonds. The second-order valence-corrected chi connectivity index (χ2v) is 6.48. The van der Waals surface area contributed by atoms with Gasteiger partial charge in [-0.3, -0.25) is 0 Å². The quantitative estimate of drug-likeness (QED) is 0.682. The van der Waals surface area contributed by atoms with E-state index in [1.54, 1.807) is 6.07 Å². The SMILES string of the molecule is Cc1cc(Nc2c(C)cccc2C(C)C)nc(Nc2cc(C)on2)n1. The Balaban J connectivity index is 1.91. The van der Waals surface area contributed by atoms with E-state index in [0.717, 1.165) is 23.0 Å². The van der Waals surface area contributed by atoms with Crippen LogP contribution in [-0.4, -0.2) is 15.1 Å². The average molecular weight is 337 g/mol. The van der Waals surface area contributed by atoms with Gasteiger partial charge in [0.05, 0.1) is 0 Å². The van der Waals surface area contributed by atoms with Gasteiger partial charge in [-0.15, -0.1) is 0 Å². The van der Waals surface area contributed by atoms with Crippen molar-refractivity contribution in [2.45, 2.75) is 40.5 Å².